The van der Waals surface area contributed by atoms with Crippen molar-refractivity contribution >= 4 is 11.8 Å². The van der Waals surface area contributed by atoms with E-state index in [9.17, 15) is 14.0 Å². The molecule has 1 aliphatic rings. The molecule has 0 bridgehead atoms. The SMILES string of the molecule is CC(C)C1C(=O)NC(=O)CC1c1cccc(F)c1. The highest BCUT2D eigenvalue weighted by molar-refractivity contribution is 6.00. The van der Waals surface area contributed by atoms with Crippen molar-refractivity contribution in [3.05, 3.63) is 35.6 Å². The quantitative estimate of drug-likeness (QED) is 0.817. The number of halogens is 1. The molecular weight excluding hydrogens is 233 g/mol. The molecule has 2 rings (SSSR count). The van der Waals surface area contributed by atoms with Gasteiger partial charge in [0.15, 0.2) is 0 Å². The topological polar surface area (TPSA) is 46.2 Å². The molecule has 1 N–H and O–H groups in total. The predicted octanol–water partition coefficient (Wildman–Crippen LogP) is 2.23. The van der Waals surface area contributed by atoms with Gasteiger partial charge in [0.25, 0.3) is 0 Å². The molecule has 4 heteroatoms. The average Bonchev–Trinajstić information content (AvgIpc) is 2.27. The molecule has 1 fully saturated rings. The van der Waals surface area contributed by atoms with E-state index < -0.39 is 0 Å². The van der Waals surface area contributed by atoms with Crippen LogP contribution in [0.5, 0.6) is 0 Å². The molecule has 1 saturated heterocycles. The maximum absolute atomic E-state index is 13.3. The molecule has 1 aromatic carbocycles. The van der Waals surface area contributed by atoms with E-state index in [1.807, 2.05) is 13.8 Å². The summed E-state index contributed by atoms with van der Waals surface area (Å²) in [6.07, 6.45) is 0.234. The summed E-state index contributed by atoms with van der Waals surface area (Å²) in [7, 11) is 0. The van der Waals surface area contributed by atoms with Crippen LogP contribution in [0.3, 0.4) is 0 Å². The molecule has 0 aromatic heterocycles. The van der Waals surface area contributed by atoms with E-state index in [4.69, 9.17) is 0 Å². The van der Waals surface area contributed by atoms with Gasteiger partial charge in [-0.15, -0.1) is 0 Å². The zero-order chi connectivity index (χ0) is 13.3. The standard InChI is InChI=1S/C14H16FNO2/c1-8(2)13-11(7-12(17)16-14(13)18)9-4-3-5-10(15)6-9/h3-6,8,11,13H,7H2,1-2H3,(H,16,17,18). The summed E-state index contributed by atoms with van der Waals surface area (Å²) in [5.74, 6) is -1.30. The lowest BCUT2D eigenvalue weighted by Gasteiger charge is -2.32. The maximum Gasteiger partial charge on any atom is 0.230 e. The third-order valence-electron chi connectivity index (χ3n) is 3.40. The molecule has 2 atom stereocenters. The van der Waals surface area contributed by atoms with Crippen molar-refractivity contribution < 1.29 is 14.0 Å². The first kappa shape index (κ1) is 12.7. The van der Waals surface area contributed by atoms with Crippen molar-refractivity contribution in [2.24, 2.45) is 11.8 Å². The van der Waals surface area contributed by atoms with Gasteiger partial charge in [-0.05, 0) is 23.6 Å². The zero-order valence-corrected chi connectivity index (χ0v) is 10.4. The van der Waals surface area contributed by atoms with Crippen LogP contribution in [0.4, 0.5) is 4.39 Å². The third-order valence-corrected chi connectivity index (χ3v) is 3.40. The maximum atomic E-state index is 13.3. The number of rotatable bonds is 2. The second-order valence-corrected chi connectivity index (χ2v) is 5.05. The summed E-state index contributed by atoms with van der Waals surface area (Å²) in [6.45, 7) is 3.87. The largest absolute Gasteiger partial charge is 0.296 e. The summed E-state index contributed by atoms with van der Waals surface area (Å²) >= 11 is 0. The van der Waals surface area contributed by atoms with Crippen molar-refractivity contribution in [1.82, 2.24) is 5.32 Å². The highest BCUT2D eigenvalue weighted by Gasteiger charge is 2.38. The number of carbonyl (C=O) groups is 2. The lowest BCUT2D eigenvalue weighted by atomic mass is 9.75. The van der Waals surface area contributed by atoms with Gasteiger partial charge in [-0.1, -0.05) is 26.0 Å². The van der Waals surface area contributed by atoms with Crippen LogP contribution in [-0.2, 0) is 9.59 Å². The minimum absolute atomic E-state index is 0.103. The van der Waals surface area contributed by atoms with E-state index in [2.05, 4.69) is 5.32 Å². The van der Waals surface area contributed by atoms with E-state index in [0.717, 1.165) is 5.56 Å². The molecular formula is C14H16FNO2. The summed E-state index contributed by atoms with van der Waals surface area (Å²) in [5, 5.41) is 2.35. The molecule has 0 saturated carbocycles. The Kier molecular flexibility index (Phi) is 3.45. The van der Waals surface area contributed by atoms with E-state index in [-0.39, 0.29) is 41.8 Å². The third kappa shape index (κ3) is 2.42. The van der Waals surface area contributed by atoms with Crippen LogP contribution < -0.4 is 5.32 Å². The Hall–Kier alpha value is -1.71. The Morgan fingerprint density at radius 3 is 2.67 bits per heavy atom. The van der Waals surface area contributed by atoms with Crippen LogP contribution in [-0.4, -0.2) is 11.8 Å². The minimum Gasteiger partial charge on any atom is -0.296 e. The molecule has 96 valence electrons. The van der Waals surface area contributed by atoms with Gasteiger partial charge in [0.1, 0.15) is 5.82 Å². The van der Waals surface area contributed by atoms with E-state index in [1.54, 1.807) is 12.1 Å². The molecule has 1 aliphatic heterocycles. The first-order valence-electron chi connectivity index (χ1n) is 6.08. The van der Waals surface area contributed by atoms with Crippen LogP contribution in [0.15, 0.2) is 24.3 Å². The van der Waals surface area contributed by atoms with Crippen molar-refractivity contribution in [3.8, 4) is 0 Å². The Bertz CT molecular complexity index is 484. The Morgan fingerprint density at radius 1 is 1.33 bits per heavy atom. The fraction of sp³-hybridized carbons (Fsp3) is 0.429. The first-order valence-corrected chi connectivity index (χ1v) is 6.08. The summed E-state index contributed by atoms with van der Waals surface area (Å²) in [4.78, 5) is 23.4. The highest BCUT2D eigenvalue weighted by atomic mass is 19.1. The van der Waals surface area contributed by atoms with Gasteiger partial charge >= 0.3 is 0 Å². The Morgan fingerprint density at radius 2 is 2.06 bits per heavy atom. The predicted molar refractivity (Wildman–Crippen MR) is 65.2 cm³/mol. The number of imide groups is 1. The smallest absolute Gasteiger partial charge is 0.230 e. The van der Waals surface area contributed by atoms with Gasteiger partial charge < -0.3 is 0 Å². The van der Waals surface area contributed by atoms with Crippen LogP contribution in [0.2, 0.25) is 0 Å². The van der Waals surface area contributed by atoms with Gasteiger partial charge in [-0.3, -0.25) is 14.9 Å². The summed E-state index contributed by atoms with van der Waals surface area (Å²) < 4.78 is 13.3. The summed E-state index contributed by atoms with van der Waals surface area (Å²) in [5.41, 5.74) is 0.719. The lowest BCUT2D eigenvalue weighted by molar-refractivity contribution is -0.138. The number of benzene rings is 1. The fourth-order valence-corrected chi connectivity index (χ4v) is 2.61. The first-order chi connectivity index (χ1) is 8.49. The molecule has 2 unspecified atom stereocenters. The van der Waals surface area contributed by atoms with Crippen LogP contribution >= 0.6 is 0 Å². The van der Waals surface area contributed by atoms with Gasteiger partial charge in [0, 0.05) is 18.3 Å². The van der Waals surface area contributed by atoms with Crippen molar-refractivity contribution in [1.29, 1.82) is 0 Å². The van der Waals surface area contributed by atoms with E-state index >= 15 is 0 Å². The monoisotopic (exact) mass is 249 g/mol. The van der Waals surface area contributed by atoms with Gasteiger partial charge in [0.05, 0.1) is 0 Å². The fourth-order valence-electron chi connectivity index (χ4n) is 2.61. The van der Waals surface area contributed by atoms with Gasteiger partial charge in [-0.25, -0.2) is 4.39 Å². The number of carbonyl (C=O) groups excluding carboxylic acids is 2. The van der Waals surface area contributed by atoms with Gasteiger partial charge in [0.2, 0.25) is 11.8 Å². The molecule has 3 nitrogen and oxygen atoms in total. The van der Waals surface area contributed by atoms with Crippen molar-refractivity contribution in [3.63, 3.8) is 0 Å². The van der Waals surface area contributed by atoms with E-state index in [1.165, 1.54) is 12.1 Å². The molecule has 0 aliphatic carbocycles. The second kappa shape index (κ2) is 4.88. The number of piperidine rings is 1. The number of hydrogen-bond donors (Lipinski definition) is 1. The zero-order valence-electron chi connectivity index (χ0n) is 10.4. The number of hydrogen-bond acceptors (Lipinski definition) is 2. The molecule has 2 amide bonds. The Labute approximate surface area is 105 Å². The minimum atomic E-state index is -0.339. The normalized spacial score (nSPS) is 24.2. The molecule has 1 aromatic rings. The van der Waals surface area contributed by atoms with Crippen LogP contribution in [0, 0.1) is 17.7 Å². The van der Waals surface area contributed by atoms with Crippen molar-refractivity contribution in [2.45, 2.75) is 26.2 Å². The molecule has 18 heavy (non-hydrogen) atoms. The van der Waals surface area contributed by atoms with E-state index in [0.29, 0.717) is 0 Å². The molecule has 0 spiro atoms. The van der Waals surface area contributed by atoms with Crippen LogP contribution in [0.25, 0.3) is 0 Å². The van der Waals surface area contributed by atoms with Crippen LogP contribution in [0.1, 0.15) is 31.7 Å². The second-order valence-electron chi connectivity index (χ2n) is 5.05. The number of nitrogens with one attached hydrogen (secondary N) is 1. The summed E-state index contributed by atoms with van der Waals surface area (Å²) in [6, 6.07) is 6.15. The van der Waals surface area contributed by atoms with Gasteiger partial charge in [-0.2, -0.15) is 0 Å². The molecule has 1 heterocycles. The van der Waals surface area contributed by atoms with Crippen molar-refractivity contribution in [2.75, 3.05) is 0 Å². The number of amides is 2. The Balaban J connectivity index is 2.38. The average molecular weight is 249 g/mol. The lowest BCUT2D eigenvalue weighted by Crippen LogP contribution is -2.46. The highest BCUT2D eigenvalue weighted by Crippen LogP contribution is 2.36. The molecule has 0 radical (unpaired) electrons.